The molecule has 0 aromatic rings. The van der Waals surface area contributed by atoms with E-state index in [1.807, 2.05) is 11.8 Å². The summed E-state index contributed by atoms with van der Waals surface area (Å²) >= 11 is 1.98. The number of rotatable bonds is 4. The summed E-state index contributed by atoms with van der Waals surface area (Å²) in [6, 6.07) is 0.713. The molecule has 1 spiro atoms. The summed E-state index contributed by atoms with van der Waals surface area (Å²) in [7, 11) is 0. The van der Waals surface area contributed by atoms with Gasteiger partial charge in [0.2, 0.25) is 0 Å². The quantitative estimate of drug-likeness (QED) is 0.832. The van der Waals surface area contributed by atoms with Gasteiger partial charge in [-0.15, -0.1) is 0 Å². The van der Waals surface area contributed by atoms with E-state index >= 15 is 0 Å². The molecule has 2 atom stereocenters. The van der Waals surface area contributed by atoms with E-state index in [0.717, 1.165) is 5.92 Å². The summed E-state index contributed by atoms with van der Waals surface area (Å²) in [6.45, 7) is 8.53. The van der Waals surface area contributed by atoms with E-state index in [1.54, 1.807) is 0 Å². The number of nitrogens with zero attached hydrogens (tertiary/aromatic N) is 1. The molecule has 1 saturated heterocycles. The van der Waals surface area contributed by atoms with Gasteiger partial charge in [-0.25, -0.2) is 0 Å². The number of hydrogen-bond donors (Lipinski definition) is 1. The summed E-state index contributed by atoms with van der Waals surface area (Å²) in [5.74, 6) is 2.12. The number of nitrogens with one attached hydrogen (secondary N) is 1. The van der Waals surface area contributed by atoms with Crippen LogP contribution in [0, 0.1) is 5.92 Å². The van der Waals surface area contributed by atoms with Crippen molar-refractivity contribution in [2.24, 2.45) is 5.92 Å². The van der Waals surface area contributed by atoms with E-state index in [4.69, 9.17) is 0 Å². The monoisotopic (exact) mass is 256 g/mol. The molecule has 2 fully saturated rings. The zero-order chi connectivity index (χ0) is 12.3. The molecule has 0 aromatic heterocycles. The lowest BCUT2D eigenvalue weighted by molar-refractivity contribution is 0.0793. The van der Waals surface area contributed by atoms with Gasteiger partial charge in [-0.1, -0.05) is 19.8 Å². The van der Waals surface area contributed by atoms with Crippen LogP contribution in [0.15, 0.2) is 0 Å². The van der Waals surface area contributed by atoms with Gasteiger partial charge in [0.25, 0.3) is 0 Å². The molecule has 1 N–H and O–H groups in total. The average molecular weight is 256 g/mol. The fourth-order valence-electron chi connectivity index (χ4n) is 3.46. The van der Waals surface area contributed by atoms with Gasteiger partial charge >= 0.3 is 0 Å². The van der Waals surface area contributed by atoms with Crippen molar-refractivity contribution in [3.05, 3.63) is 0 Å². The van der Waals surface area contributed by atoms with Crippen LogP contribution in [0.4, 0.5) is 0 Å². The first-order valence-electron chi connectivity index (χ1n) is 7.13. The zero-order valence-corrected chi connectivity index (χ0v) is 12.5. The van der Waals surface area contributed by atoms with Gasteiger partial charge in [0.05, 0.1) is 0 Å². The number of thioether (sulfide) groups is 1. The molecule has 2 unspecified atom stereocenters. The van der Waals surface area contributed by atoms with E-state index in [0.29, 0.717) is 11.6 Å². The Kier molecular flexibility index (Phi) is 4.79. The summed E-state index contributed by atoms with van der Waals surface area (Å²) in [4.78, 5) is 2.74. The molecule has 2 rings (SSSR count). The van der Waals surface area contributed by atoms with Crippen molar-refractivity contribution < 1.29 is 0 Å². The Morgan fingerprint density at radius 3 is 2.76 bits per heavy atom. The van der Waals surface area contributed by atoms with E-state index in [2.05, 4.69) is 30.3 Å². The number of hydrogen-bond acceptors (Lipinski definition) is 3. The third kappa shape index (κ3) is 3.39. The molecule has 2 nitrogen and oxygen atoms in total. The zero-order valence-electron chi connectivity index (χ0n) is 11.7. The molecule has 1 saturated carbocycles. The highest BCUT2D eigenvalue weighted by Gasteiger charge is 2.39. The maximum atomic E-state index is 3.83. The minimum absolute atomic E-state index is 0.478. The van der Waals surface area contributed by atoms with Crippen molar-refractivity contribution in [2.45, 2.75) is 51.1 Å². The predicted molar refractivity (Wildman–Crippen MR) is 77.8 cm³/mol. The lowest BCUT2D eigenvalue weighted by Crippen LogP contribution is -2.62. The molecule has 1 aliphatic heterocycles. The van der Waals surface area contributed by atoms with Crippen LogP contribution < -0.4 is 5.32 Å². The molecular formula is C14H28N2S. The Balaban J connectivity index is 1.90. The van der Waals surface area contributed by atoms with Crippen LogP contribution in [0.1, 0.15) is 39.5 Å². The van der Waals surface area contributed by atoms with Crippen molar-refractivity contribution in [1.29, 1.82) is 0 Å². The Morgan fingerprint density at radius 2 is 2.12 bits per heavy atom. The average Bonchev–Trinajstić information content (AvgIpc) is 2.73. The first kappa shape index (κ1) is 13.7. The lowest BCUT2D eigenvalue weighted by atomic mass is 9.92. The molecule has 0 bridgehead atoms. The second kappa shape index (κ2) is 5.94. The second-order valence-electron chi connectivity index (χ2n) is 6.21. The molecule has 1 aliphatic carbocycles. The SMILES string of the molecule is CSCC(C)CN1CC2(CCCC2)NCC1C. The standard InChI is InChI=1S/C14H28N2S/c1-12(10-17-3)9-16-11-14(6-4-5-7-14)15-8-13(16)2/h12-13,15H,4-11H2,1-3H3. The Labute approximate surface area is 111 Å². The van der Waals surface area contributed by atoms with Gasteiger partial charge in [-0.2, -0.15) is 11.8 Å². The predicted octanol–water partition coefficient (Wildman–Crippen LogP) is 2.59. The van der Waals surface area contributed by atoms with Crippen molar-refractivity contribution in [3.8, 4) is 0 Å². The summed E-state index contributed by atoms with van der Waals surface area (Å²) in [5.41, 5.74) is 0.478. The molecule has 1 heterocycles. The Hall–Kier alpha value is 0.270. The van der Waals surface area contributed by atoms with Crippen molar-refractivity contribution in [3.63, 3.8) is 0 Å². The molecule has 0 amide bonds. The Bertz CT molecular complexity index is 238. The van der Waals surface area contributed by atoms with Crippen LogP contribution in [0.2, 0.25) is 0 Å². The smallest absolute Gasteiger partial charge is 0.0309 e. The Morgan fingerprint density at radius 1 is 1.41 bits per heavy atom. The van der Waals surface area contributed by atoms with Gasteiger partial charge in [-0.3, -0.25) is 4.90 Å². The molecule has 100 valence electrons. The van der Waals surface area contributed by atoms with Crippen LogP contribution in [-0.2, 0) is 0 Å². The van der Waals surface area contributed by atoms with Gasteiger partial charge in [0, 0.05) is 31.2 Å². The largest absolute Gasteiger partial charge is 0.308 e. The molecule has 17 heavy (non-hydrogen) atoms. The molecular weight excluding hydrogens is 228 g/mol. The minimum atomic E-state index is 0.478. The highest BCUT2D eigenvalue weighted by atomic mass is 32.2. The van der Waals surface area contributed by atoms with Crippen molar-refractivity contribution in [1.82, 2.24) is 10.2 Å². The van der Waals surface area contributed by atoms with E-state index < -0.39 is 0 Å². The van der Waals surface area contributed by atoms with Crippen molar-refractivity contribution >= 4 is 11.8 Å². The second-order valence-corrected chi connectivity index (χ2v) is 7.12. The molecule has 3 heteroatoms. The topological polar surface area (TPSA) is 15.3 Å². The first-order valence-corrected chi connectivity index (χ1v) is 8.53. The van der Waals surface area contributed by atoms with Crippen molar-refractivity contribution in [2.75, 3.05) is 31.6 Å². The fourth-order valence-corrected chi connectivity index (χ4v) is 4.14. The third-order valence-electron chi connectivity index (χ3n) is 4.46. The van der Waals surface area contributed by atoms with Crippen LogP contribution >= 0.6 is 11.8 Å². The molecule has 2 aliphatic rings. The van der Waals surface area contributed by atoms with Crippen LogP contribution in [0.3, 0.4) is 0 Å². The van der Waals surface area contributed by atoms with E-state index in [9.17, 15) is 0 Å². The van der Waals surface area contributed by atoms with Gasteiger partial charge < -0.3 is 5.32 Å². The number of piperazine rings is 1. The summed E-state index contributed by atoms with van der Waals surface area (Å²) in [5, 5.41) is 3.83. The maximum absolute atomic E-state index is 3.83. The highest BCUT2D eigenvalue weighted by Crippen LogP contribution is 2.33. The molecule has 0 radical (unpaired) electrons. The highest BCUT2D eigenvalue weighted by molar-refractivity contribution is 7.98. The first-order chi connectivity index (χ1) is 8.15. The summed E-state index contributed by atoms with van der Waals surface area (Å²) < 4.78 is 0. The molecule has 0 aromatic carbocycles. The van der Waals surface area contributed by atoms with Gasteiger partial charge in [0.1, 0.15) is 0 Å². The van der Waals surface area contributed by atoms with Crippen LogP contribution in [-0.4, -0.2) is 48.1 Å². The third-order valence-corrected chi connectivity index (χ3v) is 5.36. The van der Waals surface area contributed by atoms with Gasteiger partial charge in [-0.05, 0) is 37.7 Å². The van der Waals surface area contributed by atoms with Crippen LogP contribution in [0.5, 0.6) is 0 Å². The van der Waals surface area contributed by atoms with E-state index in [-0.39, 0.29) is 0 Å². The van der Waals surface area contributed by atoms with Crippen LogP contribution in [0.25, 0.3) is 0 Å². The normalized spacial score (nSPS) is 30.9. The lowest BCUT2D eigenvalue weighted by Gasteiger charge is -2.46. The maximum Gasteiger partial charge on any atom is 0.0309 e. The van der Waals surface area contributed by atoms with Gasteiger partial charge in [0.15, 0.2) is 0 Å². The minimum Gasteiger partial charge on any atom is -0.308 e. The fraction of sp³-hybridized carbons (Fsp3) is 1.00. The van der Waals surface area contributed by atoms with E-state index in [1.165, 1.54) is 51.1 Å². The summed E-state index contributed by atoms with van der Waals surface area (Å²) in [6.07, 6.45) is 7.86.